The van der Waals surface area contributed by atoms with E-state index in [4.69, 9.17) is 9.15 Å². The van der Waals surface area contributed by atoms with E-state index in [1.165, 1.54) is 29.0 Å². The first-order valence-electron chi connectivity index (χ1n) is 8.34. The average Bonchev–Trinajstić information content (AvgIpc) is 3.30. The number of halogens is 1. The average molecular weight is 379 g/mol. The molecular weight excluding hydrogens is 365 g/mol. The van der Waals surface area contributed by atoms with Crippen molar-refractivity contribution in [1.82, 2.24) is 25.2 Å². The minimum Gasteiger partial charge on any atom is -0.451 e. The third-order valence-electron chi connectivity index (χ3n) is 3.88. The molecule has 0 unspecified atom stereocenters. The first-order valence-corrected chi connectivity index (χ1v) is 8.34. The number of ether oxygens (including phenoxy) is 1. The van der Waals surface area contributed by atoms with E-state index in [2.05, 4.69) is 20.5 Å². The van der Waals surface area contributed by atoms with Crippen molar-refractivity contribution in [3.05, 3.63) is 71.6 Å². The number of para-hydroxylation sites is 2. The van der Waals surface area contributed by atoms with Crippen LogP contribution in [0.3, 0.4) is 0 Å². The summed E-state index contributed by atoms with van der Waals surface area (Å²) in [7, 11) is 0. The number of benzene rings is 2. The number of fused-ring (bicyclic) bond motifs is 1. The van der Waals surface area contributed by atoms with Crippen molar-refractivity contribution >= 4 is 28.8 Å². The SMILES string of the molecule is Cc1nnnn1/C(=C\c1cccc(F)c1)C(=O)OCc1nc2ccccc2o1. The Bertz CT molecular complexity index is 1150. The van der Waals surface area contributed by atoms with E-state index in [0.717, 1.165) is 0 Å². The lowest BCUT2D eigenvalue weighted by molar-refractivity contribution is -0.138. The molecule has 9 heteroatoms. The summed E-state index contributed by atoms with van der Waals surface area (Å²) in [5.74, 6) is -0.502. The Hall–Kier alpha value is -3.88. The van der Waals surface area contributed by atoms with E-state index < -0.39 is 11.8 Å². The second-order valence-electron chi connectivity index (χ2n) is 5.87. The monoisotopic (exact) mass is 379 g/mol. The topological polar surface area (TPSA) is 95.9 Å². The summed E-state index contributed by atoms with van der Waals surface area (Å²) in [4.78, 5) is 17.0. The van der Waals surface area contributed by atoms with E-state index in [0.29, 0.717) is 22.5 Å². The fourth-order valence-electron chi connectivity index (χ4n) is 2.60. The molecule has 28 heavy (non-hydrogen) atoms. The highest BCUT2D eigenvalue weighted by Gasteiger charge is 2.19. The van der Waals surface area contributed by atoms with Crippen LogP contribution in [0.4, 0.5) is 4.39 Å². The zero-order chi connectivity index (χ0) is 19.5. The van der Waals surface area contributed by atoms with Crippen molar-refractivity contribution in [2.24, 2.45) is 0 Å². The number of rotatable bonds is 5. The van der Waals surface area contributed by atoms with E-state index in [1.807, 2.05) is 12.1 Å². The van der Waals surface area contributed by atoms with E-state index in [9.17, 15) is 9.18 Å². The number of esters is 1. The molecule has 2 aromatic carbocycles. The first-order chi connectivity index (χ1) is 13.6. The van der Waals surface area contributed by atoms with Gasteiger partial charge in [0, 0.05) is 0 Å². The fourth-order valence-corrected chi connectivity index (χ4v) is 2.60. The normalized spacial score (nSPS) is 11.7. The van der Waals surface area contributed by atoms with E-state index in [1.54, 1.807) is 25.1 Å². The van der Waals surface area contributed by atoms with Crippen molar-refractivity contribution in [2.45, 2.75) is 13.5 Å². The highest BCUT2D eigenvalue weighted by molar-refractivity contribution is 6.15. The smallest absolute Gasteiger partial charge is 0.357 e. The summed E-state index contributed by atoms with van der Waals surface area (Å²) < 4.78 is 25.6. The Kier molecular flexibility index (Phi) is 4.63. The van der Waals surface area contributed by atoms with Crippen LogP contribution < -0.4 is 0 Å². The van der Waals surface area contributed by atoms with Crippen molar-refractivity contribution < 1.29 is 18.3 Å². The summed E-state index contributed by atoms with van der Waals surface area (Å²) in [6.45, 7) is 1.46. The van der Waals surface area contributed by atoms with Crippen molar-refractivity contribution in [2.75, 3.05) is 0 Å². The lowest BCUT2D eigenvalue weighted by Gasteiger charge is -2.08. The number of hydrogen-bond acceptors (Lipinski definition) is 7. The lowest BCUT2D eigenvalue weighted by Crippen LogP contribution is -2.15. The zero-order valence-electron chi connectivity index (χ0n) is 14.7. The fraction of sp³-hybridized carbons (Fsp3) is 0.105. The van der Waals surface area contributed by atoms with Gasteiger partial charge >= 0.3 is 5.97 Å². The highest BCUT2D eigenvalue weighted by Crippen LogP contribution is 2.18. The standard InChI is InChI=1S/C19H14FN5O3/c1-12-22-23-24-25(12)16(10-13-5-4-6-14(20)9-13)19(26)27-11-18-21-15-7-2-3-8-17(15)28-18/h2-10H,11H2,1H3/b16-10-. The van der Waals surface area contributed by atoms with Crippen LogP contribution in [0.1, 0.15) is 17.3 Å². The first kappa shape index (κ1) is 17.5. The molecule has 0 atom stereocenters. The minimum atomic E-state index is -0.707. The molecular formula is C19H14FN5O3. The molecule has 0 aliphatic carbocycles. The molecule has 4 aromatic rings. The number of carbonyl (C=O) groups excluding carboxylic acids is 1. The van der Waals surface area contributed by atoms with Gasteiger partial charge in [-0.3, -0.25) is 0 Å². The zero-order valence-corrected chi connectivity index (χ0v) is 14.7. The van der Waals surface area contributed by atoms with Crippen molar-refractivity contribution in [3.8, 4) is 0 Å². The molecule has 2 aromatic heterocycles. The number of tetrazole rings is 1. The summed E-state index contributed by atoms with van der Waals surface area (Å²) in [5.41, 5.74) is 1.76. The number of aromatic nitrogens is 5. The molecule has 0 bridgehead atoms. The number of oxazole rings is 1. The second kappa shape index (κ2) is 7.39. The molecule has 2 heterocycles. The van der Waals surface area contributed by atoms with Crippen LogP contribution >= 0.6 is 0 Å². The van der Waals surface area contributed by atoms with Gasteiger partial charge in [-0.15, -0.1) is 5.10 Å². The molecule has 0 aliphatic rings. The Morgan fingerprint density at radius 1 is 1.25 bits per heavy atom. The van der Waals surface area contributed by atoms with Crippen LogP contribution in [0.15, 0.2) is 52.9 Å². The Morgan fingerprint density at radius 2 is 2.11 bits per heavy atom. The minimum absolute atomic E-state index is 0.0317. The quantitative estimate of drug-likeness (QED) is 0.388. The largest absolute Gasteiger partial charge is 0.451 e. The molecule has 0 spiro atoms. The van der Waals surface area contributed by atoms with Gasteiger partial charge in [-0.1, -0.05) is 24.3 Å². The molecule has 0 saturated heterocycles. The Labute approximate surface area is 158 Å². The van der Waals surface area contributed by atoms with Gasteiger partial charge in [0.05, 0.1) is 0 Å². The van der Waals surface area contributed by atoms with Crippen molar-refractivity contribution in [1.29, 1.82) is 0 Å². The molecule has 0 aliphatic heterocycles. The van der Waals surface area contributed by atoms with Crippen LogP contribution in [-0.2, 0) is 16.1 Å². The second-order valence-corrected chi connectivity index (χ2v) is 5.87. The van der Waals surface area contributed by atoms with Crippen molar-refractivity contribution in [3.63, 3.8) is 0 Å². The third kappa shape index (κ3) is 3.63. The maximum Gasteiger partial charge on any atom is 0.357 e. The van der Waals surface area contributed by atoms with Gasteiger partial charge in [0.2, 0.25) is 5.89 Å². The van der Waals surface area contributed by atoms with Gasteiger partial charge in [0.25, 0.3) is 0 Å². The predicted molar refractivity (Wildman–Crippen MR) is 96.9 cm³/mol. The van der Waals surface area contributed by atoms with Crippen LogP contribution in [0.2, 0.25) is 0 Å². The molecule has 8 nitrogen and oxygen atoms in total. The van der Waals surface area contributed by atoms with Crippen LogP contribution in [0.5, 0.6) is 0 Å². The number of aryl methyl sites for hydroxylation is 1. The molecule has 0 amide bonds. The summed E-state index contributed by atoms with van der Waals surface area (Å²) in [5, 5.41) is 11.1. The van der Waals surface area contributed by atoms with Crippen LogP contribution in [0.25, 0.3) is 22.9 Å². The summed E-state index contributed by atoms with van der Waals surface area (Å²) in [6, 6.07) is 13.0. The summed E-state index contributed by atoms with van der Waals surface area (Å²) >= 11 is 0. The lowest BCUT2D eigenvalue weighted by atomic mass is 10.2. The predicted octanol–water partition coefficient (Wildman–Crippen LogP) is 3.00. The Morgan fingerprint density at radius 3 is 2.86 bits per heavy atom. The highest BCUT2D eigenvalue weighted by atomic mass is 19.1. The van der Waals surface area contributed by atoms with Gasteiger partial charge < -0.3 is 9.15 Å². The van der Waals surface area contributed by atoms with Gasteiger partial charge in [-0.05, 0) is 53.3 Å². The summed E-state index contributed by atoms with van der Waals surface area (Å²) in [6.07, 6.45) is 1.45. The van der Waals surface area contributed by atoms with Gasteiger partial charge in [0.1, 0.15) is 11.3 Å². The van der Waals surface area contributed by atoms with Gasteiger partial charge in [-0.25, -0.2) is 14.2 Å². The number of nitrogens with zero attached hydrogens (tertiary/aromatic N) is 5. The number of hydrogen-bond donors (Lipinski definition) is 0. The van der Waals surface area contributed by atoms with Crippen LogP contribution in [0, 0.1) is 12.7 Å². The molecule has 140 valence electrons. The molecule has 4 rings (SSSR count). The maximum atomic E-state index is 13.5. The molecule has 0 radical (unpaired) electrons. The molecule has 0 N–H and O–H groups in total. The maximum absolute atomic E-state index is 13.5. The Balaban J connectivity index is 1.60. The molecule has 0 fully saturated rings. The van der Waals surface area contributed by atoms with E-state index in [-0.39, 0.29) is 18.2 Å². The third-order valence-corrected chi connectivity index (χ3v) is 3.88. The molecule has 0 saturated carbocycles. The number of carbonyl (C=O) groups is 1. The van der Waals surface area contributed by atoms with Gasteiger partial charge in [-0.2, -0.15) is 4.68 Å². The van der Waals surface area contributed by atoms with E-state index >= 15 is 0 Å². The van der Waals surface area contributed by atoms with Crippen LogP contribution in [-0.4, -0.2) is 31.2 Å². The van der Waals surface area contributed by atoms with Gasteiger partial charge in [0.15, 0.2) is 23.7 Å².